The van der Waals surface area contributed by atoms with Crippen molar-refractivity contribution in [2.75, 3.05) is 0 Å². The van der Waals surface area contributed by atoms with Gasteiger partial charge in [0, 0.05) is 5.56 Å². The second-order valence-corrected chi connectivity index (χ2v) is 7.20. The lowest BCUT2D eigenvalue weighted by atomic mass is 9.86. The summed E-state index contributed by atoms with van der Waals surface area (Å²) in [5.74, 6) is -61.5. The molecule has 0 bridgehead atoms. The highest BCUT2D eigenvalue weighted by molar-refractivity contribution is 6.20. The molecule has 37 heavy (non-hydrogen) atoms. The molecule has 1 aromatic carbocycles. The van der Waals surface area contributed by atoms with E-state index in [2.05, 4.69) is 0 Å². The van der Waals surface area contributed by atoms with Crippen LogP contribution in [-0.4, -0.2) is 63.8 Å². The van der Waals surface area contributed by atoms with Crippen LogP contribution >= 0.6 is 0 Å². The first-order valence-corrected chi connectivity index (χ1v) is 8.51. The van der Waals surface area contributed by atoms with Crippen molar-refractivity contribution in [3.05, 3.63) is 34.9 Å². The van der Waals surface area contributed by atoms with Crippen LogP contribution in [0.5, 0.6) is 0 Å². The van der Waals surface area contributed by atoms with Crippen LogP contribution in [0.25, 0.3) is 0 Å². The third-order valence-electron chi connectivity index (χ3n) is 4.95. The molecule has 0 radical (unpaired) electrons. The summed E-state index contributed by atoms with van der Waals surface area (Å²) in [4.78, 5) is 22.9. The molecular weight excluding hydrogens is 577 g/mol. The number of hydrogen-bond acceptors (Lipinski definition) is 3. The smallest absolute Gasteiger partial charge is 0.278 e. The molecule has 1 N–H and O–H groups in total. The van der Waals surface area contributed by atoms with Crippen LogP contribution in [0.2, 0.25) is 0 Å². The summed E-state index contributed by atoms with van der Waals surface area (Å²) in [5, 5.41) is 8.23. The topological polar surface area (TPSA) is 57.6 Å². The first kappa shape index (κ1) is 30.4. The van der Waals surface area contributed by atoms with E-state index in [1.165, 1.54) is 0 Å². The number of carbonyl (C=O) groups excluding carboxylic acids is 2. The lowest BCUT2D eigenvalue weighted by molar-refractivity contribution is -0.462. The lowest BCUT2D eigenvalue weighted by Crippen LogP contribution is -2.74. The predicted octanol–water partition coefficient (Wildman–Crippen LogP) is 6.14. The zero-order valence-electron chi connectivity index (χ0n) is 16.4. The Balaban J connectivity index is 2.68. The Kier molecular flexibility index (Phi) is 6.42. The second-order valence-electron chi connectivity index (χ2n) is 7.20. The molecule has 1 heterocycles. The average Bonchev–Trinajstić information content (AvgIpc) is 2.95. The Hall–Kier alpha value is -2.87. The van der Waals surface area contributed by atoms with Crippen molar-refractivity contribution >= 4 is 11.8 Å². The number of rotatable bonds is 7. The molecule has 1 aliphatic heterocycles. The number of amides is 2. The maximum Gasteiger partial charge on any atom is 0.460 e. The van der Waals surface area contributed by atoms with E-state index in [0.717, 1.165) is 0 Å². The van der Waals surface area contributed by atoms with E-state index in [1.807, 2.05) is 0 Å². The van der Waals surface area contributed by atoms with Crippen LogP contribution in [0.1, 0.15) is 26.3 Å². The quantitative estimate of drug-likeness (QED) is 0.239. The first-order chi connectivity index (χ1) is 16.1. The number of hydrogen-bond donors (Lipinski definition) is 1. The summed E-state index contributed by atoms with van der Waals surface area (Å²) in [7, 11) is 0. The summed E-state index contributed by atoms with van der Waals surface area (Å²) in [6, 6.07) is -1.11. The lowest BCUT2D eigenvalue weighted by Gasteiger charge is -2.42. The van der Waals surface area contributed by atoms with Crippen molar-refractivity contribution < 1.29 is 89.4 Å². The van der Waals surface area contributed by atoms with E-state index in [-0.39, 0.29) is 6.07 Å². The third kappa shape index (κ3) is 3.55. The summed E-state index contributed by atoms with van der Waals surface area (Å²) in [5.41, 5.74) is -5.19. The number of alkyl halides is 17. The minimum absolute atomic E-state index is 0.0476. The zero-order valence-corrected chi connectivity index (χ0v) is 16.4. The van der Waals surface area contributed by atoms with Crippen molar-refractivity contribution in [1.82, 2.24) is 5.06 Å². The molecule has 1 aliphatic rings. The van der Waals surface area contributed by atoms with Gasteiger partial charge in [0.25, 0.3) is 11.8 Å². The third-order valence-corrected chi connectivity index (χ3v) is 4.95. The van der Waals surface area contributed by atoms with Gasteiger partial charge in [-0.05, 0) is 12.1 Å². The van der Waals surface area contributed by atoms with Crippen molar-refractivity contribution in [2.24, 2.45) is 0 Å². The average molecular weight is 581 g/mol. The van der Waals surface area contributed by atoms with E-state index in [4.69, 9.17) is 5.21 Å². The monoisotopic (exact) mass is 581 g/mol. The molecule has 0 saturated carbocycles. The fourth-order valence-corrected chi connectivity index (χ4v) is 2.77. The second kappa shape index (κ2) is 7.82. The Morgan fingerprint density at radius 1 is 0.514 bits per heavy atom. The predicted molar refractivity (Wildman–Crippen MR) is 78.4 cm³/mol. The van der Waals surface area contributed by atoms with Gasteiger partial charge in [0.15, 0.2) is 0 Å². The van der Waals surface area contributed by atoms with E-state index >= 15 is 0 Å². The van der Waals surface area contributed by atoms with E-state index in [1.54, 1.807) is 0 Å². The largest absolute Gasteiger partial charge is 0.460 e. The van der Waals surface area contributed by atoms with Crippen LogP contribution < -0.4 is 0 Å². The number of hydroxylamine groups is 2. The van der Waals surface area contributed by atoms with Crippen molar-refractivity contribution in [3.63, 3.8) is 0 Å². The Morgan fingerprint density at radius 3 is 1.27 bits per heavy atom. The molecule has 4 nitrogen and oxygen atoms in total. The van der Waals surface area contributed by atoms with Gasteiger partial charge in [-0.3, -0.25) is 14.8 Å². The highest BCUT2D eigenvalue weighted by Crippen LogP contribution is 2.65. The zero-order chi connectivity index (χ0) is 29.6. The number of halogens is 17. The number of fused-ring (bicyclic) bond motifs is 1. The van der Waals surface area contributed by atoms with Gasteiger partial charge >= 0.3 is 47.6 Å². The molecule has 0 aromatic heterocycles. The molecule has 0 fully saturated rings. The van der Waals surface area contributed by atoms with Crippen LogP contribution in [0, 0.1) is 0 Å². The van der Waals surface area contributed by atoms with Crippen LogP contribution in [0.3, 0.4) is 0 Å². The standard InChI is InChI=1S/C16H4F17NO3/c17-9(18,4-1-2-5-6(3-4)8(36)34(37)7(5)35)10(19,20)11(21,22)12(23,24)13(25,26)14(27,28)15(29,30)16(31,32)33/h1-3,37H. The first-order valence-electron chi connectivity index (χ1n) is 8.51. The molecule has 0 unspecified atom stereocenters. The van der Waals surface area contributed by atoms with Gasteiger partial charge in [-0.1, -0.05) is 6.07 Å². The minimum atomic E-state index is -8.76. The van der Waals surface area contributed by atoms with Gasteiger partial charge in [-0.15, -0.1) is 5.06 Å². The molecule has 0 spiro atoms. The van der Waals surface area contributed by atoms with E-state index in [9.17, 15) is 84.2 Å². The van der Waals surface area contributed by atoms with Gasteiger partial charge in [-0.2, -0.15) is 74.6 Å². The molecule has 210 valence electrons. The summed E-state index contributed by atoms with van der Waals surface area (Å²) in [6.45, 7) is 0. The molecule has 2 amide bonds. The van der Waals surface area contributed by atoms with Gasteiger partial charge in [-0.25, -0.2) is 0 Å². The highest BCUT2D eigenvalue weighted by Gasteiger charge is 2.95. The molecule has 0 aliphatic carbocycles. The maximum atomic E-state index is 14.3. The fourth-order valence-electron chi connectivity index (χ4n) is 2.77. The van der Waals surface area contributed by atoms with Crippen LogP contribution in [0.4, 0.5) is 74.6 Å². The van der Waals surface area contributed by atoms with Crippen molar-refractivity contribution in [3.8, 4) is 0 Å². The van der Waals surface area contributed by atoms with E-state index < -0.39 is 93.3 Å². The fraction of sp³-hybridized carbons (Fsp3) is 0.500. The number of nitrogens with zero attached hydrogens (tertiary/aromatic N) is 1. The van der Waals surface area contributed by atoms with Crippen molar-refractivity contribution in [1.29, 1.82) is 0 Å². The molecule has 21 heteroatoms. The van der Waals surface area contributed by atoms with Crippen molar-refractivity contribution in [2.45, 2.75) is 47.6 Å². The van der Waals surface area contributed by atoms with E-state index in [0.29, 0.717) is 0 Å². The van der Waals surface area contributed by atoms with Gasteiger partial charge in [0.1, 0.15) is 0 Å². The number of benzene rings is 1. The SMILES string of the molecule is O=C1c2ccc(C(F)(F)C(F)(F)C(F)(F)C(F)(F)C(F)(F)C(F)(F)C(F)(F)C(F)(F)F)cc2C(=O)N1O. The van der Waals surface area contributed by atoms with Gasteiger partial charge in [0.05, 0.1) is 11.1 Å². The van der Waals surface area contributed by atoms with Gasteiger partial charge in [0.2, 0.25) is 0 Å². The normalized spacial score (nSPS) is 17.0. The Morgan fingerprint density at radius 2 is 0.865 bits per heavy atom. The highest BCUT2D eigenvalue weighted by atomic mass is 19.4. The Bertz CT molecular complexity index is 1120. The van der Waals surface area contributed by atoms with Crippen LogP contribution in [-0.2, 0) is 5.92 Å². The van der Waals surface area contributed by atoms with Gasteiger partial charge < -0.3 is 0 Å². The number of carbonyl (C=O) groups is 2. The molecule has 2 rings (SSSR count). The Labute approximate surface area is 190 Å². The molecule has 1 aromatic rings. The molecule has 0 atom stereocenters. The number of imide groups is 1. The summed E-state index contributed by atoms with van der Waals surface area (Å²) in [6.07, 6.45) is -7.85. The molecule has 0 saturated heterocycles. The summed E-state index contributed by atoms with van der Waals surface area (Å²) < 4.78 is 227. The molecular formula is C16H4F17NO3. The maximum absolute atomic E-state index is 14.3. The minimum Gasteiger partial charge on any atom is -0.278 e. The summed E-state index contributed by atoms with van der Waals surface area (Å²) >= 11 is 0. The van der Waals surface area contributed by atoms with Crippen LogP contribution in [0.15, 0.2) is 18.2 Å².